The van der Waals surface area contributed by atoms with E-state index in [1.807, 2.05) is 6.92 Å². The van der Waals surface area contributed by atoms with Crippen molar-refractivity contribution in [1.82, 2.24) is 13.9 Å². The Morgan fingerprint density at radius 2 is 1.84 bits per heavy atom. The Labute approximate surface area is 199 Å². The first-order valence-electron chi connectivity index (χ1n) is 9.34. The second-order valence-corrected chi connectivity index (χ2v) is 9.32. The maximum Gasteiger partial charge on any atom is 0.242 e. The third-order valence-corrected chi connectivity index (χ3v) is 6.81. The monoisotopic (exact) mass is 506 g/mol. The molecule has 3 aromatic rings. The number of benzene rings is 1. The van der Waals surface area contributed by atoms with Crippen LogP contribution in [0.15, 0.2) is 53.3 Å². The zero-order valence-corrected chi connectivity index (χ0v) is 20.3. The van der Waals surface area contributed by atoms with Gasteiger partial charge in [0.15, 0.2) is 0 Å². The van der Waals surface area contributed by atoms with E-state index in [-0.39, 0.29) is 42.8 Å². The third-order valence-electron chi connectivity index (χ3n) is 4.98. The van der Waals surface area contributed by atoms with E-state index in [0.29, 0.717) is 17.5 Å². The summed E-state index contributed by atoms with van der Waals surface area (Å²) in [6, 6.07) is 7.90. The van der Waals surface area contributed by atoms with Crippen LogP contribution in [-0.2, 0) is 23.0 Å². The average molecular weight is 507 g/mol. The summed E-state index contributed by atoms with van der Waals surface area (Å²) < 4.78 is 55.3. The first kappa shape index (κ1) is 28.0. The Balaban J connectivity index is 0.00000256. The molecule has 0 amide bonds. The summed E-state index contributed by atoms with van der Waals surface area (Å²) in [7, 11) is -0.559. The van der Waals surface area contributed by atoms with Crippen molar-refractivity contribution in [3.05, 3.63) is 71.1 Å². The molecule has 0 unspecified atom stereocenters. The van der Waals surface area contributed by atoms with Gasteiger partial charge in [0.1, 0.15) is 11.6 Å². The molecule has 3 rings (SSSR count). The van der Waals surface area contributed by atoms with Gasteiger partial charge < -0.3 is 10.3 Å². The van der Waals surface area contributed by atoms with Gasteiger partial charge in [-0.25, -0.2) is 21.5 Å². The predicted octanol–water partition coefficient (Wildman–Crippen LogP) is 3.98. The highest BCUT2D eigenvalue weighted by Crippen LogP contribution is 2.28. The topological polar surface area (TPSA) is 81.2 Å². The van der Waals surface area contributed by atoms with Crippen LogP contribution in [0.5, 0.6) is 0 Å². The van der Waals surface area contributed by atoms with Crippen molar-refractivity contribution >= 4 is 45.9 Å². The minimum Gasteiger partial charge on any atom is -0.336 e. The molecular formula is C21H26Cl2F2N4O2S. The summed E-state index contributed by atoms with van der Waals surface area (Å²) in [5.41, 5.74) is 8.91. The van der Waals surface area contributed by atoms with Gasteiger partial charge in [-0.3, -0.25) is 4.98 Å². The zero-order chi connectivity index (χ0) is 22.1. The van der Waals surface area contributed by atoms with Crippen LogP contribution >= 0.6 is 24.8 Å². The van der Waals surface area contributed by atoms with E-state index in [1.54, 1.807) is 28.8 Å². The third kappa shape index (κ3) is 5.65. The summed E-state index contributed by atoms with van der Waals surface area (Å²) in [4.78, 5) is 4.43. The number of sulfonamides is 1. The van der Waals surface area contributed by atoms with Gasteiger partial charge in [0.2, 0.25) is 10.0 Å². The molecular weight excluding hydrogens is 481 g/mol. The molecule has 0 atom stereocenters. The van der Waals surface area contributed by atoms with Gasteiger partial charge in [-0.15, -0.1) is 24.8 Å². The molecule has 2 heterocycles. The summed E-state index contributed by atoms with van der Waals surface area (Å²) in [5.74, 6) is -0.916. The van der Waals surface area contributed by atoms with Crippen LogP contribution in [-0.4, -0.2) is 42.9 Å². The molecule has 0 saturated heterocycles. The summed E-state index contributed by atoms with van der Waals surface area (Å²) in [6.07, 6.45) is 2.86. The van der Waals surface area contributed by atoms with Gasteiger partial charge in [-0.1, -0.05) is 12.1 Å². The molecule has 0 radical (unpaired) electrons. The number of hydrogen-bond acceptors (Lipinski definition) is 4. The SMILES string of the molecule is Cc1c(Cc2ccc(S(=O)(=O)N(C)C)cc2)c2ncc(F)cc2n1C/C(F)=C/CN.Cl.Cl. The van der Waals surface area contributed by atoms with Crippen LogP contribution in [0.4, 0.5) is 8.78 Å². The van der Waals surface area contributed by atoms with Crippen LogP contribution in [0.1, 0.15) is 16.8 Å². The van der Waals surface area contributed by atoms with Crippen molar-refractivity contribution < 1.29 is 17.2 Å². The second kappa shape index (κ2) is 11.2. The molecule has 2 aromatic heterocycles. The Kier molecular flexibility index (Phi) is 9.80. The van der Waals surface area contributed by atoms with Crippen molar-refractivity contribution in [2.75, 3.05) is 20.6 Å². The maximum atomic E-state index is 14.1. The molecule has 0 bridgehead atoms. The molecule has 0 aliphatic carbocycles. The molecule has 11 heteroatoms. The lowest BCUT2D eigenvalue weighted by atomic mass is 10.0. The number of halogens is 4. The number of nitrogens with zero attached hydrogens (tertiary/aromatic N) is 3. The summed E-state index contributed by atoms with van der Waals surface area (Å²) >= 11 is 0. The van der Waals surface area contributed by atoms with Gasteiger partial charge in [-0.05, 0) is 30.7 Å². The highest BCUT2D eigenvalue weighted by molar-refractivity contribution is 7.89. The van der Waals surface area contributed by atoms with Crippen LogP contribution in [0, 0.1) is 12.7 Å². The molecule has 0 aliphatic rings. The zero-order valence-electron chi connectivity index (χ0n) is 17.9. The van der Waals surface area contributed by atoms with E-state index >= 15 is 0 Å². The van der Waals surface area contributed by atoms with E-state index in [2.05, 4.69) is 4.98 Å². The highest BCUT2D eigenvalue weighted by Gasteiger charge is 2.19. The highest BCUT2D eigenvalue weighted by atomic mass is 35.5. The Morgan fingerprint density at radius 3 is 2.41 bits per heavy atom. The summed E-state index contributed by atoms with van der Waals surface area (Å²) in [6.45, 7) is 1.84. The molecule has 1 aromatic carbocycles. The number of allylic oxidation sites excluding steroid dienone is 1. The van der Waals surface area contributed by atoms with Gasteiger partial charge in [0, 0.05) is 44.4 Å². The fraction of sp³-hybridized carbons (Fsp3) is 0.286. The number of pyridine rings is 1. The Bertz CT molecular complexity index is 1210. The van der Waals surface area contributed by atoms with Gasteiger partial charge in [0.25, 0.3) is 0 Å². The quantitative estimate of drug-likeness (QED) is 0.525. The van der Waals surface area contributed by atoms with E-state index in [1.165, 1.54) is 26.2 Å². The molecule has 2 N–H and O–H groups in total. The predicted molar refractivity (Wildman–Crippen MR) is 127 cm³/mol. The second-order valence-electron chi connectivity index (χ2n) is 7.17. The number of aromatic nitrogens is 2. The lowest BCUT2D eigenvalue weighted by molar-refractivity contribution is 0.520. The van der Waals surface area contributed by atoms with Crippen molar-refractivity contribution in [2.45, 2.75) is 24.8 Å². The molecule has 0 spiro atoms. The van der Waals surface area contributed by atoms with Gasteiger partial charge >= 0.3 is 0 Å². The molecule has 0 aliphatic heterocycles. The maximum absolute atomic E-state index is 14.1. The molecule has 32 heavy (non-hydrogen) atoms. The molecule has 6 nitrogen and oxygen atoms in total. The minimum absolute atomic E-state index is 0. The molecule has 0 fully saturated rings. The average Bonchev–Trinajstić information content (AvgIpc) is 2.93. The lowest BCUT2D eigenvalue weighted by Gasteiger charge is -2.12. The van der Waals surface area contributed by atoms with E-state index < -0.39 is 21.7 Å². The smallest absolute Gasteiger partial charge is 0.242 e. The normalized spacial score (nSPS) is 12.0. The summed E-state index contributed by atoms with van der Waals surface area (Å²) in [5, 5.41) is 0. The molecule has 176 valence electrons. The number of hydrogen-bond donors (Lipinski definition) is 1. The van der Waals surface area contributed by atoms with Gasteiger partial charge in [-0.2, -0.15) is 0 Å². The Hall–Kier alpha value is -2.04. The van der Waals surface area contributed by atoms with Gasteiger partial charge in [0.05, 0.1) is 28.7 Å². The van der Waals surface area contributed by atoms with Crippen molar-refractivity contribution in [3.8, 4) is 0 Å². The van der Waals surface area contributed by atoms with E-state index in [9.17, 15) is 17.2 Å². The van der Waals surface area contributed by atoms with Crippen LogP contribution in [0.3, 0.4) is 0 Å². The first-order chi connectivity index (χ1) is 14.1. The van der Waals surface area contributed by atoms with E-state index in [4.69, 9.17) is 5.73 Å². The fourth-order valence-corrected chi connectivity index (χ4v) is 4.24. The van der Waals surface area contributed by atoms with Crippen LogP contribution in [0.25, 0.3) is 11.0 Å². The fourth-order valence-electron chi connectivity index (χ4n) is 3.33. The Morgan fingerprint density at radius 1 is 1.22 bits per heavy atom. The first-order valence-corrected chi connectivity index (χ1v) is 10.8. The number of rotatable bonds is 7. The minimum atomic E-state index is -3.51. The van der Waals surface area contributed by atoms with Crippen LogP contribution < -0.4 is 5.73 Å². The standard InChI is InChI=1S/C21H24F2N4O2S.2ClH/c1-14-19(10-15-4-6-18(7-5-15)30(28,29)26(2)3)21-20(11-17(23)12-25-21)27(14)13-16(22)8-9-24;;/h4-8,11-12H,9-10,13,24H2,1-3H3;2*1H/b16-8-;;. The lowest BCUT2D eigenvalue weighted by Crippen LogP contribution is -2.22. The van der Waals surface area contributed by atoms with Crippen molar-refractivity contribution in [3.63, 3.8) is 0 Å². The van der Waals surface area contributed by atoms with E-state index in [0.717, 1.165) is 27.3 Å². The van der Waals surface area contributed by atoms with Crippen LogP contribution in [0.2, 0.25) is 0 Å². The number of fused-ring (bicyclic) bond motifs is 1. The largest absolute Gasteiger partial charge is 0.336 e. The number of nitrogens with two attached hydrogens (primary N) is 1. The van der Waals surface area contributed by atoms with Crippen molar-refractivity contribution in [1.29, 1.82) is 0 Å². The van der Waals surface area contributed by atoms with Crippen molar-refractivity contribution in [2.24, 2.45) is 5.73 Å². The molecule has 0 saturated carbocycles.